The molecule has 0 bridgehead atoms. The molecule has 1 unspecified atom stereocenters. The van der Waals surface area contributed by atoms with Gasteiger partial charge in [0, 0.05) is 30.3 Å². The van der Waals surface area contributed by atoms with Crippen molar-refractivity contribution in [3.05, 3.63) is 27.4 Å². The molecule has 3 N–H and O–H groups in total. The molecule has 7 heteroatoms. The van der Waals surface area contributed by atoms with Crippen LogP contribution in [0.5, 0.6) is 0 Å². The summed E-state index contributed by atoms with van der Waals surface area (Å²) in [6, 6.07) is -0.406. The van der Waals surface area contributed by atoms with Crippen LogP contribution in [0.1, 0.15) is 42.8 Å². The first kappa shape index (κ1) is 15.9. The Morgan fingerprint density at radius 3 is 2.50 bits per heavy atom. The molecule has 0 spiro atoms. The topological polar surface area (TPSA) is 115 Å². The summed E-state index contributed by atoms with van der Waals surface area (Å²) in [6.45, 7) is 5.11. The molecule has 1 atom stereocenters. The zero-order valence-electron chi connectivity index (χ0n) is 11.8. The highest BCUT2D eigenvalue weighted by Gasteiger charge is 2.17. The summed E-state index contributed by atoms with van der Waals surface area (Å²) in [5.41, 5.74) is 6.58. The minimum Gasteiger partial charge on any atom is -0.481 e. The fourth-order valence-corrected chi connectivity index (χ4v) is 2.31. The molecule has 1 rings (SSSR count). The minimum atomic E-state index is -0.910. The second-order valence-electron chi connectivity index (χ2n) is 4.83. The molecule has 0 aliphatic heterocycles. The fourth-order valence-electron chi connectivity index (χ4n) is 2.31. The van der Waals surface area contributed by atoms with Crippen LogP contribution >= 0.6 is 0 Å². The molecule has 0 aromatic carbocycles. The normalized spacial score (nSPS) is 12.2. The SMILES string of the molecule is Cc1nc(=O)n(C(C)CC(N)=O)c(C)c1CCC(=O)O. The van der Waals surface area contributed by atoms with Gasteiger partial charge in [-0.3, -0.25) is 14.2 Å². The number of aromatic nitrogens is 2. The van der Waals surface area contributed by atoms with Gasteiger partial charge in [0.15, 0.2) is 0 Å². The molecule has 0 radical (unpaired) electrons. The molecule has 20 heavy (non-hydrogen) atoms. The molecule has 1 amide bonds. The van der Waals surface area contributed by atoms with Crippen molar-refractivity contribution in [2.24, 2.45) is 5.73 Å². The third-order valence-electron chi connectivity index (χ3n) is 3.23. The van der Waals surface area contributed by atoms with Gasteiger partial charge in [-0.2, -0.15) is 4.98 Å². The van der Waals surface area contributed by atoms with E-state index in [9.17, 15) is 14.4 Å². The highest BCUT2D eigenvalue weighted by atomic mass is 16.4. The molecular weight excluding hydrogens is 262 g/mol. The highest BCUT2D eigenvalue weighted by Crippen LogP contribution is 2.17. The lowest BCUT2D eigenvalue weighted by Gasteiger charge is -2.19. The summed E-state index contributed by atoms with van der Waals surface area (Å²) < 4.78 is 1.40. The Labute approximate surface area is 116 Å². The lowest BCUT2D eigenvalue weighted by Crippen LogP contribution is -2.32. The summed E-state index contributed by atoms with van der Waals surface area (Å²) in [5, 5.41) is 8.76. The van der Waals surface area contributed by atoms with E-state index in [4.69, 9.17) is 10.8 Å². The van der Waals surface area contributed by atoms with Gasteiger partial charge >= 0.3 is 11.7 Å². The van der Waals surface area contributed by atoms with E-state index in [2.05, 4.69) is 4.98 Å². The van der Waals surface area contributed by atoms with Gasteiger partial charge in [0.2, 0.25) is 5.91 Å². The first-order valence-corrected chi connectivity index (χ1v) is 6.32. The molecule has 1 aromatic heterocycles. The quantitative estimate of drug-likeness (QED) is 0.778. The number of nitrogens with two attached hydrogens (primary N) is 1. The Morgan fingerprint density at radius 2 is 2.00 bits per heavy atom. The van der Waals surface area contributed by atoms with Crippen molar-refractivity contribution in [1.82, 2.24) is 9.55 Å². The number of hydrogen-bond acceptors (Lipinski definition) is 4. The molecule has 0 aliphatic carbocycles. The Morgan fingerprint density at radius 1 is 1.40 bits per heavy atom. The summed E-state index contributed by atoms with van der Waals surface area (Å²) in [6.07, 6.45) is 0.291. The zero-order chi connectivity index (χ0) is 15.4. The number of carbonyl (C=O) groups is 2. The Hall–Kier alpha value is -2.18. The maximum Gasteiger partial charge on any atom is 0.348 e. The van der Waals surface area contributed by atoms with Crippen molar-refractivity contribution >= 4 is 11.9 Å². The predicted molar refractivity (Wildman–Crippen MR) is 72.5 cm³/mol. The molecular formula is C13H19N3O4. The standard InChI is InChI=1S/C13H19N3O4/c1-7(6-11(14)17)16-9(3)10(4-5-12(18)19)8(2)15-13(16)20/h7H,4-6H2,1-3H3,(H2,14,17)(H,18,19). The second kappa shape index (κ2) is 6.31. The Balaban J connectivity index is 3.24. The summed E-state index contributed by atoms with van der Waals surface area (Å²) in [5.74, 6) is -1.41. The number of carboxylic acids is 1. The van der Waals surface area contributed by atoms with E-state index in [1.807, 2.05) is 0 Å². The number of amides is 1. The maximum absolute atomic E-state index is 12.0. The van der Waals surface area contributed by atoms with Crippen LogP contribution in [-0.2, 0) is 16.0 Å². The highest BCUT2D eigenvalue weighted by molar-refractivity contribution is 5.74. The van der Waals surface area contributed by atoms with E-state index < -0.39 is 23.6 Å². The third-order valence-corrected chi connectivity index (χ3v) is 3.23. The van der Waals surface area contributed by atoms with Crippen LogP contribution in [0.25, 0.3) is 0 Å². The van der Waals surface area contributed by atoms with Gasteiger partial charge in [0.25, 0.3) is 0 Å². The van der Waals surface area contributed by atoms with Crippen LogP contribution in [0.4, 0.5) is 0 Å². The first-order chi connectivity index (χ1) is 9.23. The van der Waals surface area contributed by atoms with E-state index in [0.29, 0.717) is 17.8 Å². The number of aryl methyl sites for hydroxylation is 1. The van der Waals surface area contributed by atoms with E-state index in [1.54, 1.807) is 20.8 Å². The number of carboxylic acid groups (broad SMARTS) is 1. The van der Waals surface area contributed by atoms with Crippen LogP contribution in [0.3, 0.4) is 0 Å². The molecule has 1 heterocycles. The predicted octanol–water partition coefficient (Wildman–Crippen LogP) is 0.314. The Kier molecular flexibility index (Phi) is 5.01. The average Bonchev–Trinajstić information content (AvgIpc) is 2.26. The molecule has 110 valence electrons. The van der Waals surface area contributed by atoms with E-state index in [-0.39, 0.29) is 12.8 Å². The van der Waals surface area contributed by atoms with Gasteiger partial charge in [-0.1, -0.05) is 0 Å². The number of carbonyl (C=O) groups excluding carboxylic acids is 1. The summed E-state index contributed by atoms with van der Waals surface area (Å²) >= 11 is 0. The number of nitrogens with zero attached hydrogens (tertiary/aromatic N) is 2. The van der Waals surface area contributed by atoms with Crippen LogP contribution in [-0.4, -0.2) is 26.5 Å². The number of primary amides is 1. The molecule has 0 saturated heterocycles. The number of hydrogen-bond donors (Lipinski definition) is 2. The molecule has 1 aromatic rings. The largest absolute Gasteiger partial charge is 0.481 e. The first-order valence-electron chi connectivity index (χ1n) is 6.32. The molecule has 0 saturated carbocycles. The smallest absolute Gasteiger partial charge is 0.348 e. The van der Waals surface area contributed by atoms with Crippen LogP contribution < -0.4 is 11.4 Å². The monoisotopic (exact) mass is 281 g/mol. The van der Waals surface area contributed by atoms with E-state index >= 15 is 0 Å². The number of rotatable bonds is 6. The summed E-state index contributed by atoms with van der Waals surface area (Å²) in [7, 11) is 0. The molecule has 0 fully saturated rings. The van der Waals surface area contributed by atoms with E-state index in [0.717, 1.165) is 5.56 Å². The summed E-state index contributed by atoms with van der Waals surface area (Å²) in [4.78, 5) is 37.5. The van der Waals surface area contributed by atoms with Crippen LogP contribution in [0.15, 0.2) is 4.79 Å². The van der Waals surface area contributed by atoms with Gasteiger partial charge in [0.1, 0.15) is 0 Å². The molecule has 0 aliphatic rings. The van der Waals surface area contributed by atoms with Crippen molar-refractivity contribution in [3.63, 3.8) is 0 Å². The van der Waals surface area contributed by atoms with Gasteiger partial charge in [-0.25, -0.2) is 4.79 Å². The van der Waals surface area contributed by atoms with Gasteiger partial charge in [-0.05, 0) is 32.8 Å². The van der Waals surface area contributed by atoms with Crippen LogP contribution in [0, 0.1) is 13.8 Å². The minimum absolute atomic E-state index is 0.0316. The lowest BCUT2D eigenvalue weighted by atomic mass is 10.1. The maximum atomic E-state index is 12.0. The second-order valence-corrected chi connectivity index (χ2v) is 4.83. The van der Waals surface area contributed by atoms with Gasteiger partial charge < -0.3 is 10.8 Å². The van der Waals surface area contributed by atoms with Crippen molar-refractivity contribution < 1.29 is 14.7 Å². The lowest BCUT2D eigenvalue weighted by molar-refractivity contribution is -0.137. The zero-order valence-corrected chi connectivity index (χ0v) is 11.8. The fraction of sp³-hybridized carbons (Fsp3) is 0.538. The van der Waals surface area contributed by atoms with Crippen molar-refractivity contribution in [1.29, 1.82) is 0 Å². The van der Waals surface area contributed by atoms with E-state index in [1.165, 1.54) is 4.57 Å². The average molecular weight is 281 g/mol. The Bertz CT molecular complexity index is 592. The van der Waals surface area contributed by atoms with Crippen LogP contribution in [0.2, 0.25) is 0 Å². The van der Waals surface area contributed by atoms with Gasteiger partial charge in [-0.15, -0.1) is 0 Å². The third kappa shape index (κ3) is 3.66. The van der Waals surface area contributed by atoms with Crippen molar-refractivity contribution in [3.8, 4) is 0 Å². The molecule has 7 nitrogen and oxygen atoms in total. The van der Waals surface area contributed by atoms with Crippen molar-refractivity contribution in [2.75, 3.05) is 0 Å². The number of aliphatic carboxylic acids is 1. The van der Waals surface area contributed by atoms with Gasteiger partial charge in [0.05, 0.1) is 0 Å². The van der Waals surface area contributed by atoms with Crippen molar-refractivity contribution in [2.45, 2.75) is 46.1 Å².